The molecule has 1 aromatic carbocycles. The van der Waals surface area contributed by atoms with Crippen LogP contribution in [0.5, 0.6) is 0 Å². The van der Waals surface area contributed by atoms with Crippen molar-refractivity contribution >= 4 is 11.7 Å². The Morgan fingerprint density at radius 1 is 1.45 bits per heavy atom. The van der Waals surface area contributed by atoms with Crippen LogP contribution in [0.25, 0.3) is 0 Å². The molecule has 0 aromatic heterocycles. The van der Waals surface area contributed by atoms with E-state index < -0.39 is 11.8 Å². The minimum absolute atomic E-state index is 0.0617. The van der Waals surface area contributed by atoms with Gasteiger partial charge in [-0.25, -0.2) is 9.18 Å². The molecular formula is C15H18FNO3. The summed E-state index contributed by atoms with van der Waals surface area (Å²) in [6.07, 6.45) is 4.41. The van der Waals surface area contributed by atoms with Gasteiger partial charge in [-0.2, -0.15) is 0 Å². The molecule has 0 amide bonds. The quantitative estimate of drug-likeness (QED) is 0.668. The zero-order valence-electron chi connectivity index (χ0n) is 11.2. The lowest BCUT2D eigenvalue weighted by Crippen LogP contribution is -2.48. The van der Waals surface area contributed by atoms with E-state index in [1.54, 1.807) is 0 Å². The first-order valence-electron chi connectivity index (χ1n) is 6.98. The normalized spacial score (nSPS) is 24.1. The van der Waals surface area contributed by atoms with Crippen LogP contribution < -0.4 is 5.73 Å². The van der Waals surface area contributed by atoms with Crippen LogP contribution in [0.2, 0.25) is 0 Å². The predicted molar refractivity (Wildman–Crippen MR) is 71.8 cm³/mol. The van der Waals surface area contributed by atoms with Crippen molar-refractivity contribution in [1.82, 2.24) is 0 Å². The standard InChI is InChI=1S/C15H18FNO3/c16-13-8-10(17)2-3-12(13)14(18)20-11-4-7-19-15(9-11)5-1-6-15/h2-3,8,11H,1,4-7,9,17H2. The molecule has 1 spiro atoms. The van der Waals surface area contributed by atoms with Crippen LogP contribution in [0.3, 0.4) is 0 Å². The molecular weight excluding hydrogens is 261 g/mol. The Morgan fingerprint density at radius 2 is 2.25 bits per heavy atom. The third kappa shape index (κ3) is 2.50. The number of nitrogen functional groups attached to an aromatic ring is 1. The van der Waals surface area contributed by atoms with Gasteiger partial charge in [0.1, 0.15) is 11.9 Å². The summed E-state index contributed by atoms with van der Waals surface area (Å²) in [6.45, 7) is 0.599. The summed E-state index contributed by atoms with van der Waals surface area (Å²) in [5.74, 6) is -1.26. The fraction of sp³-hybridized carbons (Fsp3) is 0.533. The van der Waals surface area contributed by atoms with Crippen molar-refractivity contribution in [3.05, 3.63) is 29.6 Å². The topological polar surface area (TPSA) is 61.6 Å². The minimum Gasteiger partial charge on any atom is -0.458 e. The minimum atomic E-state index is -0.639. The molecule has 2 fully saturated rings. The van der Waals surface area contributed by atoms with Gasteiger partial charge in [-0.1, -0.05) is 0 Å². The number of esters is 1. The smallest absolute Gasteiger partial charge is 0.341 e. The maximum absolute atomic E-state index is 13.7. The van der Waals surface area contributed by atoms with Crippen molar-refractivity contribution < 1.29 is 18.7 Å². The van der Waals surface area contributed by atoms with E-state index in [0.717, 1.165) is 31.7 Å². The van der Waals surface area contributed by atoms with Gasteiger partial charge in [-0.05, 0) is 37.5 Å². The number of hydrogen-bond donors (Lipinski definition) is 1. The number of nitrogens with two attached hydrogens (primary N) is 1. The Bertz CT molecular complexity index is 528. The summed E-state index contributed by atoms with van der Waals surface area (Å²) >= 11 is 0. The third-order valence-electron chi connectivity index (χ3n) is 4.20. The highest BCUT2D eigenvalue weighted by molar-refractivity contribution is 5.90. The van der Waals surface area contributed by atoms with Crippen LogP contribution in [-0.4, -0.2) is 24.3 Å². The van der Waals surface area contributed by atoms with Gasteiger partial charge in [0.15, 0.2) is 0 Å². The first-order chi connectivity index (χ1) is 9.58. The molecule has 2 N–H and O–H groups in total. The second kappa shape index (κ2) is 5.05. The predicted octanol–water partition coefficient (Wildman–Crippen LogP) is 2.67. The molecule has 1 aliphatic heterocycles. The highest BCUT2D eigenvalue weighted by Gasteiger charge is 2.43. The molecule has 20 heavy (non-hydrogen) atoms. The number of ether oxygens (including phenoxy) is 2. The lowest BCUT2D eigenvalue weighted by Gasteiger charge is -2.46. The van der Waals surface area contributed by atoms with E-state index in [9.17, 15) is 9.18 Å². The molecule has 4 nitrogen and oxygen atoms in total. The van der Waals surface area contributed by atoms with Crippen LogP contribution >= 0.6 is 0 Å². The Labute approximate surface area is 117 Å². The molecule has 1 atom stereocenters. The van der Waals surface area contributed by atoms with Crippen LogP contribution in [0.4, 0.5) is 10.1 Å². The number of rotatable bonds is 2. The van der Waals surface area contributed by atoms with Gasteiger partial charge >= 0.3 is 5.97 Å². The molecule has 1 aliphatic carbocycles. The first-order valence-corrected chi connectivity index (χ1v) is 6.98. The molecule has 1 unspecified atom stereocenters. The van der Waals surface area contributed by atoms with Crippen molar-refractivity contribution in [2.24, 2.45) is 0 Å². The molecule has 1 heterocycles. The average Bonchev–Trinajstić information content (AvgIpc) is 2.37. The fourth-order valence-electron chi connectivity index (χ4n) is 2.91. The maximum atomic E-state index is 13.7. The number of hydrogen-bond acceptors (Lipinski definition) is 4. The Morgan fingerprint density at radius 3 is 2.90 bits per heavy atom. The zero-order chi connectivity index (χ0) is 14.2. The number of carbonyl (C=O) groups excluding carboxylic acids is 1. The number of halogens is 1. The van der Waals surface area contributed by atoms with Gasteiger partial charge in [0.25, 0.3) is 0 Å². The number of anilines is 1. The van der Waals surface area contributed by atoms with Crippen LogP contribution in [0.15, 0.2) is 18.2 Å². The zero-order valence-corrected chi connectivity index (χ0v) is 11.2. The third-order valence-corrected chi connectivity index (χ3v) is 4.20. The molecule has 5 heteroatoms. The lowest BCUT2D eigenvalue weighted by atomic mass is 9.74. The van der Waals surface area contributed by atoms with Gasteiger partial charge in [0, 0.05) is 18.5 Å². The van der Waals surface area contributed by atoms with Gasteiger partial charge < -0.3 is 15.2 Å². The van der Waals surface area contributed by atoms with Crippen LogP contribution in [-0.2, 0) is 9.47 Å². The van der Waals surface area contributed by atoms with E-state index >= 15 is 0 Å². The second-order valence-corrected chi connectivity index (χ2v) is 5.64. The molecule has 2 aliphatic rings. The molecule has 1 saturated carbocycles. The average molecular weight is 279 g/mol. The van der Waals surface area contributed by atoms with E-state index in [-0.39, 0.29) is 17.3 Å². The molecule has 1 aromatic rings. The van der Waals surface area contributed by atoms with Crippen LogP contribution in [0, 0.1) is 5.82 Å². The maximum Gasteiger partial charge on any atom is 0.341 e. The molecule has 108 valence electrons. The van der Waals surface area contributed by atoms with Gasteiger partial charge in [0.2, 0.25) is 0 Å². The highest BCUT2D eigenvalue weighted by Crippen LogP contribution is 2.43. The highest BCUT2D eigenvalue weighted by atomic mass is 19.1. The Kier molecular flexibility index (Phi) is 3.38. The summed E-state index contributed by atoms with van der Waals surface area (Å²) in [4.78, 5) is 12.0. The van der Waals surface area contributed by atoms with E-state index in [1.807, 2.05) is 0 Å². The monoisotopic (exact) mass is 279 g/mol. The summed E-state index contributed by atoms with van der Waals surface area (Å²) in [5.41, 5.74) is 5.60. The van der Waals surface area contributed by atoms with Crippen molar-refractivity contribution in [3.8, 4) is 0 Å². The summed E-state index contributed by atoms with van der Waals surface area (Å²) < 4.78 is 24.9. The molecule has 1 saturated heterocycles. The molecule has 0 radical (unpaired) electrons. The fourth-order valence-corrected chi connectivity index (χ4v) is 2.91. The summed E-state index contributed by atoms with van der Waals surface area (Å²) in [7, 11) is 0. The largest absolute Gasteiger partial charge is 0.458 e. The first kappa shape index (κ1) is 13.4. The van der Waals surface area contributed by atoms with Crippen molar-refractivity contribution in [3.63, 3.8) is 0 Å². The van der Waals surface area contributed by atoms with Crippen molar-refractivity contribution in [2.75, 3.05) is 12.3 Å². The van der Waals surface area contributed by atoms with Crippen LogP contribution in [0.1, 0.15) is 42.5 Å². The SMILES string of the molecule is Nc1ccc(C(=O)OC2CCOC3(CCC3)C2)c(F)c1. The van der Waals surface area contributed by atoms with Crippen molar-refractivity contribution in [1.29, 1.82) is 0 Å². The Balaban J connectivity index is 1.66. The lowest BCUT2D eigenvalue weighted by molar-refractivity contribution is -0.159. The van der Waals surface area contributed by atoms with E-state index in [1.165, 1.54) is 12.1 Å². The second-order valence-electron chi connectivity index (χ2n) is 5.64. The van der Waals surface area contributed by atoms with Gasteiger partial charge in [-0.15, -0.1) is 0 Å². The summed E-state index contributed by atoms with van der Waals surface area (Å²) in [6, 6.07) is 4.00. The van der Waals surface area contributed by atoms with E-state index in [2.05, 4.69) is 0 Å². The van der Waals surface area contributed by atoms with E-state index in [0.29, 0.717) is 18.7 Å². The van der Waals surface area contributed by atoms with Crippen molar-refractivity contribution in [2.45, 2.75) is 43.8 Å². The van der Waals surface area contributed by atoms with Gasteiger partial charge in [0.05, 0.1) is 17.8 Å². The molecule has 3 rings (SSSR count). The number of benzene rings is 1. The van der Waals surface area contributed by atoms with E-state index in [4.69, 9.17) is 15.2 Å². The number of carbonyl (C=O) groups is 1. The van der Waals surface area contributed by atoms with Gasteiger partial charge in [-0.3, -0.25) is 0 Å². The molecule has 0 bridgehead atoms. The summed E-state index contributed by atoms with van der Waals surface area (Å²) in [5, 5.41) is 0. The Hall–Kier alpha value is -1.62.